The first-order valence-corrected chi connectivity index (χ1v) is 20.2. The lowest BCUT2D eigenvalue weighted by Gasteiger charge is -2.34. The summed E-state index contributed by atoms with van der Waals surface area (Å²) < 4.78 is 56.2. The summed E-state index contributed by atoms with van der Waals surface area (Å²) in [5.74, 6) is 0. The van der Waals surface area contributed by atoms with Gasteiger partial charge in [0, 0.05) is 82.1 Å². The van der Waals surface area contributed by atoms with Crippen molar-refractivity contribution >= 4 is 36.9 Å². The topological polar surface area (TPSA) is 92.3 Å². The van der Waals surface area contributed by atoms with Crippen LogP contribution in [0.5, 0.6) is 0 Å². The van der Waals surface area contributed by atoms with Gasteiger partial charge in [-0.2, -0.15) is 0 Å². The van der Waals surface area contributed by atoms with Gasteiger partial charge >= 0.3 is 26.4 Å². The predicted molar refractivity (Wildman–Crippen MR) is 160 cm³/mol. The molecule has 0 aromatic carbocycles. The molecule has 3 radical (unpaired) electrons. The maximum Gasteiger partial charge on any atom is 0.500 e. The normalized spacial score (nSPS) is 13.4. The molecule has 233 valence electrons. The third-order valence-electron chi connectivity index (χ3n) is 7.86. The van der Waals surface area contributed by atoms with Crippen LogP contribution in [0, 0.1) is 0 Å². The van der Waals surface area contributed by atoms with Crippen molar-refractivity contribution in [2.45, 2.75) is 101 Å². The highest BCUT2D eigenvalue weighted by atomic mass is 28.4. The van der Waals surface area contributed by atoms with Crippen LogP contribution in [-0.4, -0.2) is 106 Å². The Morgan fingerprint density at radius 3 is 0.795 bits per heavy atom. The zero-order valence-corrected chi connectivity index (χ0v) is 30.2. The Kier molecular flexibility index (Phi) is 22.3. The summed E-state index contributed by atoms with van der Waals surface area (Å²) in [4.78, 5) is 0. The van der Waals surface area contributed by atoms with Crippen molar-refractivity contribution in [2.24, 2.45) is 0 Å². The largest absolute Gasteiger partial charge is 0.500 e. The number of rotatable bonds is 28. The Hall–Kier alpha value is 0.468. The van der Waals surface area contributed by atoms with Gasteiger partial charge in [-0.05, 0) is 38.5 Å². The van der Waals surface area contributed by atoms with Crippen molar-refractivity contribution in [1.29, 1.82) is 0 Å². The fraction of sp³-hybridized carbons (Fsp3) is 1.00. The van der Waals surface area contributed by atoms with Crippen LogP contribution in [0.2, 0.25) is 18.1 Å². The molecule has 0 aliphatic heterocycles. The van der Waals surface area contributed by atoms with Crippen LogP contribution >= 0.6 is 0 Å². The highest BCUT2D eigenvalue weighted by Gasteiger charge is 2.39. The van der Waals surface area contributed by atoms with E-state index >= 15 is 0 Å². The Morgan fingerprint density at radius 2 is 0.615 bits per heavy atom. The minimum Gasteiger partial charge on any atom is -0.413 e. The molecular formula is C25H57O10Si4. The average molecular weight is 630 g/mol. The number of hydrogen-bond donors (Lipinski definition) is 0. The van der Waals surface area contributed by atoms with E-state index in [1.54, 1.807) is 64.0 Å². The smallest absolute Gasteiger partial charge is 0.413 e. The highest BCUT2D eigenvalue weighted by Crippen LogP contribution is 2.33. The second-order valence-corrected chi connectivity index (χ2v) is 19.3. The summed E-state index contributed by atoms with van der Waals surface area (Å²) in [5.41, 5.74) is -0.217. The SMILES string of the molecule is CO[Si](CCCCCC(CCCCC[Si](OC)(OC)OC)(CCCCC[Si](OC)(OC)OC)O[Si])(OC)OC. The van der Waals surface area contributed by atoms with Crippen molar-refractivity contribution in [3.05, 3.63) is 0 Å². The Labute approximate surface area is 245 Å². The van der Waals surface area contributed by atoms with Gasteiger partial charge in [0.2, 0.25) is 10.5 Å². The Morgan fingerprint density at radius 1 is 0.385 bits per heavy atom. The zero-order chi connectivity index (χ0) is 29.7. The quantitative estimate of drug-likeness (QED) is 0.0856. The second kappa shape index (κ2) is 22.1. The van der Waals surface area contributed by atoms with Crippen LogP contribution in [0.25, 0.3) is 0 Å². The first-order chi connectivity index (χ1) is 18.7. The molecule has 0 amide bonds. The molecule has 0 spiro atoms. The molecule has 0 aromatic heterocycles. The van der Waals surface area contributed by atoms with Crippen LogP contribution < -0.4 is 0 Å². The summed E-state index contributed by atoms with van der Waals surface area (Å²) in [6.07, 6.45) is 12.3. The molecule has 0 N–H and O–H groups in total. The van der Waals surface area contributed by atoms with Crippen molar-refractivity contribution in [3.63, 3.8) is 0 Å². The summed E-state index contributed by atoms with van der Waals surface area (Å²) >= 11 is 0. The van der Waals surface area contributed by atoms with Crippen molar-refractivity contribution in [1.82, 2.24) is 0 Å². The van der Waals surface area contributed by atoms with E-state index in [9.17, 15) is 0 Å². The molecule has 0 bridgehead atoms. The van der Waals surface area contributed by atoms with Crippen molar-refractivity contribution in [2.75, 3.05) is 64.0 Å². The van der Waals surface area contributed by atoms with E-state index < -0.39 is 26.4 Å². The third-order valence-corrected chi connectivity index (χ3v) is 16.8. The van der Waals surface area contributed by atoms with Crippen LogP contribution in [-0.2, 0) is 44.3 Å². The van der Waals surface area contributed by atoms with E-state index in [0.29, 0.717) is 0 Å². The van der Waals surface area contributed by atoms with Gasteiger partial charge in [-0.1, -0.05) is 38.5 Å². The molecule has 39 heavy (non-hydrogen) atoms. The van der Waals surface area contributed by atoms with Crippen LogP contribution in [0.15, 0.2) is 0 Å². The lowest BCUT2D eigenvalue weighted by Crippen LogP contribution is -2.42. The minimum atomic E-state index is -2.53. The monoisotopic (exact) mass is 629 g/mol. The van der Waals surface area contributed by atoms with Crippen LogP contribution in [0.1, 0.15) is 77.0 Å². The van der Waals surface area contributed by atoms with E-state index in [-0.39, 0.29) is 5.60 Å². The molecule has 0 atom stereocenters. The van der Waals surface area contributed by atoms with Crippen LogP contribution in [0.4, 0.5) is 0 Å². The van der Waals surface area contributed by atoms with Gasteiger partial charge in [-0.3, -0.25) is 0 Å². The molecule has 0 saturated carbocycles. The molecular weight excluding hydrogens is 573 g/mol. The Bertz CT molecular complexity index is 480. The molecule has 0 aromatic rings. The van der Waals surface area contributed by atoms with Gasteiger partial charge in [-0.15, -0.1) is 0 Å². The number of hydrogen-bond acceptors (Lipinski definition) is 10. The van der Waals surface area contributed by atoms with Gasteiger partial charge in [-0.25, -0.2) is 0 Å². The van der Waals surface area contributed by atoms with Gasteiger partial charge in [0.05, 0.1) is 5.60 Å². The standard InChI is InChI=1S/C25H57O10Si4/c1-26-37(27-2,28-3)22-16-10-13-19-25(35-36,20-14-11-17-23-38(29-4,30-5)31-6)21-15-12-18-24-39(32-7,33-8)34-9/h10-24H2,1-9H3. The van der Waals surface area contributed by atoms with Crippen molar-refractivity contribution < 1.29 is 44.3 Å². The van der Waals surface area contributed by atoms with E-state index in [1.807, 2.05) is 0 Å². The summed E-state index contributed by atoms with van der Waals surface area (Å²) in [7, 11) is 10.9. The van der Waals surface area contributed by atoms with E-state index in [4.69, 9.17) is 44.3 Å². The van der Waals surface area contributed by atoms with Gasteiger partial charge < -0.3 is 44.3 Å². The molecule has 0 unspecified atom stereocenters. The van der Waals surface area contributed by atoms with E-state index in [2.05, 4.69) is 10.5 Å². The summed E-state index contributed by atoms with van der Waals surface area (Å²) in [6.45, 7) is 0. The molecule has 0 aliphatic rings. The highest BCUT2D eigenvalue weighted by molar-refractivity contribution is 6.61. The number of unbranched alkanes of at least 4 members (excludes halogenated alkanes) is 6. The lowest BCUT2D eigenvalue weighted by atomic mass is 9.85. The summed E-state index contributed by atoms with van der Waals surface area (Å²) in [6, 6.07) is 2.44. The first-order valence-electron chi connectivity index (χ1n) is 14.0. The van der Waals surface area contributed by atoms with Gasteiger partial charge in [0.15, 0.2) is 0 Å². The fourth-order valence-corrected chi connectivity index (χ4v) is 10.8. The first kappa shape index (κ1) is 39.5. The molecule has 0 fully saturated rings. The molecule has 0 heterocycles. The summed E-state index contributed by atoms with van der Waals surface area (Å²) in [5, 5.41) is 0. The van der Waals surface area contributed by atoms with Gasteiger partial charge in [0.1, 0.15) is 0 Å². The third kappa shape index (κ3) is 14.0. The van der Waals surface area contributed by atoms with E-state index in [1.165, 1.54) is 0 Å². The Balaban J connectivity index is 4.98. The van der Waals surface area contributed by atoms with Crippen LogP contribution in [0.3, 0.4) is 0 Å². The maximum absolute atomic E-state index is 6.08. The lowest BCUT2D eigenvalue weighted by molar-refractivity contribution is 0.0423. The molecule has 14 heteroatoms. The predicted octanol–water partition coefficient (Wildman–Crippen LogP) is 5.14. The van der Waals surface area contributed by atoms with E-state index in [0.717, 1.165) is 95.2 Å². The van der Waals surface area contributed by atoms with Gasteiger partial charge in [0.25, 0.3) is 0 Å². The maximum atomic E-state index is 6.08. The fourth-order valence-electron chi connectivity index (χ4n) is 5.09. The van der Waals surface area contributed by atoms with Crippen molar-refractivity contribution in [3.8, 4) is 0 Å². The zero-order valence-electron chi connectivity index (χ0n) is 26.2. The molecule has 10 nitrogen and oxygen atoms in total. The average Bonchev–Trinajstić information content (AvgIpc) is 2.99. The molecule has 0 aliphatic carbocycles. The minimum absolute atomic E-state index is 0.217. The molecule has 0 rings (SSSR count). The second-order valence-electron chi connectivity index (χ2n) is 9.85. The molecule has 0 saturated heterocycles.